The first-order chi connectivity index (χ1) is 7.19. The van der Waals surface area contributed by atoms with Crippen molar-refractivity contribution in [3.05, 3.63) is 26.2 Å². The van der Waals surface area contributed by atoms with E-state index < -0.39 is 0 Å². The lowest BCUT2D eigenvalue weighted by Gasteiger charge is -2.57. The second-order valence-corrected chi connectivity index (χ2v) is 6.88. The summed E-state index contributed by atoms with van der Waals surface area (Å²) in [6.07, 6.45) is 4.35. The number of rotatable bonds is 1. The number of benzene rings is 1. The fraction of sp³-hybridized carbons (Fsp3) is 0.500. The van der Waals surface area contributed by atoms with Crippen molar-refractivity contribution >= 4 is 44.2 Å². The number of hydrogen-bond acceptors (Lipinski definition) is 1. The van der Waals surface area contributed by atoms with Gasteiger partial charge in [-0.05, 0) is 53.6 Å². The van der Waals surface area contributed by atoms with E-state index >= 15 is 0 Å². The highest BCUT2D eigenvalue weighted by atomic mass is 127. The van der Waals surface area contributed by atoms with Crippen LogP contribution in [-0.4, -0.2) is 13.1 Å². The maximum Gasteiger partial charge on any atom is 0.0513 e. The van der Waals surface area contributed by atoms with Crippen LogP contribution in [0, 0.1) is 8.99 Å². The van der Waals surface area contributed by atoms with Gasteiger partial charge in [-0.3, -0.25) is 0 Å². The van der Waals surface area contributed by atoms with Crippen LogP contribution in [0.1, 0.15) is 19.3 Å². The average molecular weight is 378 g/mol. The summed E-state index contributed by atoms with van der Waals surface area (Å²) in [4.78, 5) is 2.52. The first-order valence-corrected chi connectivity index (χ1v) is 7.26. The number of anilines is 1. The van der Waals surface area contributed by atoms with Crippen molar-refractivity contribution in [3.8, 4) is 0 Å². The third kappa shape index (κ3) is 1.71. The van der Waals surface area contributed by atoms with Crippen LogP contribution in [-0.2, 0) is 0 Å². The van der Waals surface area contributed by atoms with Crippen molar-refractivity contribution in [3.63, 3.8) is 0 Å². The van der Waals surface area contributed by atoms with Gasteiger partial charge in [0.2, 0.25) is 0 Å². The zero-order valence-electron chi connectivity index (χ0n) is 8.47. The maximum atomic E-state index is 3.55. The van der Waals surface area contributed by atoms with Gasteiger partial charge in [0.1, 0.15) is 0 Å². The van der Waals surface area contributed by atoms with Crippen LogP contribution in [0.5, 0.6) is 0 Å². The predicted octanol–water partition coefficient (Wildman–Crippen LogP) is 4.04. The van der Waals surface area contributed by atoms with Crippen molar-refractivity contribution in [1.82, 2.24) is 0 Å². The molecule has 2 aliphatic rings. The highest BCUT2D eigenvalue weighted by Crippen LogP contribution is 2.50. The average Bonchev–Trinajstić information content (AvgIpc) is 2.06. The molecule has 1 saturated carbocycles. The summed E-state index contributed by atoms with van der Waals surface area (Å²) in [5.74, 6) is 0. The van der Waals surface area contributed by atoms with E-state index in [9.17, 15) is 0 Å². The SMILES string of the molecule is Brc1ccc(I)c(N2CC3(CCC3)C2)c1. The summed E-state index contributed by atoms with van der Waals surface area (Å²) in [6, 6.07) is 6.54. The monoisotopic (exact) mass is 377 g/mol. The van der Waals surface area contributed by atoms with E-state index in [0.717, 1.165) is 0 Å². The molecule has 15 heavy (non-hydrogen) atoms. The molecule has 1 spiro atoms. The quantitative estimate of drug-likeness (QED) is 0.667. The van der Waals surface area contributed by atoms with Gasteiger partial charge in [-0.15, -0.1) is 0 Å². The van der Waals surface area contributed by atoms with Gasteiger partial charge < -0.3 is 4.90 Å². The van der Waals surface area contributed by atoms with Gasteiger partial charge in [0.25, 0.3) is 0 Å². The van der Waals surface area contributed by atoms with Crippen LogP contribution in [0.15, 0.2) is 22.7 Å². The third-order valence-corrected chi connectivity index (χ3v) is 5.12. The Morgan fingerprint density at radius 3 is 2.60 bits per heavy atom. The smallest absolute Gasteiger partial charge is 0.0513 e. The van der Waals surface area contributed by atoms with Crippen molar-refractivity contribution in [2.75, 3.05) is 18.0 Å². The summed E-state index contributed by atoms with van der Waals surface area (Å²) in [5.41, 5.74) is 2.12. The Labute approximate surface area is 112 Å². The van der Waals surface area contributed by atoms with Gasteiger partial charge in [-0.25, -0.2) is 0 Å². The molecule has 1 aromatic rings. The van der Waals surface area contributed by atoms with Crippen molar-refractivity contribution in [2.24, 2.45) is 5.41 Å². The molecule has 1 nitrogen and oxygen atoms in total. The summed E-state index contributed by atoms with van der Waals surface area (Å²) >= 11 is 5.98. The highest BCUT2D eigenvalue weighted by Gasteiger charge is 2.47. The van der Waals surface area contributed by atoms with E-state index in [-0.39, 0.29) is 0 Å². The molecule has 0 aromatic heterocycles. The molecule has 1 aliphatic heterocycles. The Morgan fingerprint density at radius 1 is 1.27 bits per heavy atom. The summed E-state index contributed by atoms with van der Waals surface area (Å²) in [6.45, 7) is 2.55. The molecule has 0 amide bonds. The first-order valence-electron chi connectivity index (χ1n) is 5.39. The third-order valence-electron chi connectivity index (χ3n) is 3.72. The van der Waals surface area contributed by atoms with E-state index in [4.69, 9.17) is 0 Å². The lowest BCUT2D eigenvalue weighted by molar-refractivity contribution is 0.0903. The minimum Gasteiger partial charge on any atom is -0.369 e. The maximum absolute atomic E-state index is 3.55. The van der Waals surface area contributed by atoms with Gasteiger partial charge in [-0.1, -0.05) is 22.4 Å². The normalized spacial score (nSPS) is 22.4. The fourth-order valence-electron chi connectivity index (χ4n) is 2.65. The topological polar surface area (TPSA) is 3.24 Å². The molecule has 0 radical (unpaired) electrons. The molecule has 80 valence electrons. The van der Waals surface area contributed by atoms with Crippen LogP contribution in [0.4, 0.5) is 5.69 Å². The predicted molar refractivity (Wildman–Crippen MR) is 75.4 cm³/mol. The lowest BCUT2D eigenvalue weighted by Crippen LogP contribution is -2.60. The first kappa shape index (κ1) is 10.4. The molecule has 0 atom stereocenters. The fourth-order valence-corrected chi connectivity index (χ4v) is 3.68. The molecule has 0 unspecified atom stereocenters. The van der Waals surface area contributed by atoms with Gasteiger partial charge in [0.05, 0.1) is 5.69 Å². The van der Waals surface area contributed by atoms with Crippen molar-refractivity contribution < 1.29 is 0 Å². The van der Waals surface area contributed by atoms with E-state index in [2.05, 4.69) is 61.6 Å². The second-order valence-electron chi connectivity index (χ2n) is 4.81. The van der Waals surface area contributed by atoms with Gasteiger partial charge in [0.15, 0.2) is 0 Å². The molecule has 3 heteroatoms. The zero-order valence-corrected chi connectivity index (χ0v) is 12.2. The zero-order chi connectivity index (χ0) is 10.5. The van der Waals surface area contributed by atoms with Gasteiger partial charge in [-0.2, -0.15) is 0 Å². The standard InChI is InChI=1S/C12H13BrIN/c13-9-2-3-10(14)11(6-9)15-7-12(8-15)4-1-5-12/h2-3,6H,1,4-5,7-8H2. The molecule has 1 aromatic carbocycles. The molecular formula is C12H13BrIN. The van der Waals surface area contributed by atoms with Gasteiger partial charge >= 0.3 is 0 Å². The number of halogens is 2. The van der Waals surface area contributed by atoms with E-state index in [1.54, 1.807) is 0 Å². The molecule has 3 rings (SSSR count). The van der Waals surface area contributed by atoms with Crippen LogP contribution >= 0.6 is 38.5 Å². The Morgan fingerprint density at radius 2 is 2.00 bits per heavy atom. The summed E-state index contributed by atoms with van der Waals surface area (Å²) < 4.78 is 2.55. The largest absolute Gasteiger partial charge is 0.369 e. The van der Waals surface area contributed by atoms with Crippen LogP contribution in [0.3, 0.4) is 0 Å². The Bertz CT molecular complexity index is 393. The molecular weight excluding hydrogens is 365 g/mol. The minimum atomic E-state index is 0.714. The summed E-state index contributed by atoms with van der Waals surface area (Å²) in [5, 5.41) is 0. The van der Waals surface area contributed by atoms with Crippen LogP contribution < -0.4 is 4.90 Å². The Balaban J connectivity index is 1.80. The molecule has 0 bridgehead atoms. The van der Waals surface area contributed by atoms with Crippen molar-refractivity contribution in [1.29, 1.82) is 0 Å². The van der Waals surface area contributed by atoms with E-state index in [1.165, 1.54) is 46.1 Å². The molecule has 2 fully saturated rings. The Kier molecular flexibility index (Phi) is 2.51. The molecule has 1 heterocycles. The number of nitrogens with zero attached hydrogens (tertiary/aromatic N) is 1. The summed E-state index contributed by atoms with van der Waals surface area (Å²) in [7, 11) is 0. The molecule has 1 saturated heterocycles. The second kappa shape index (κ2) is 3.62. The van der Waals surface area contributed by atoms with Crippen LogP contribution in [0.25, 0.3) is 0 Å². The lowest BCUT2D eigenvalue weighted by atomic mass is 9.63. The van der Waals surface area contributed by atoms with Gasteiger partial charge in [0, 0.05) is 26.5 Å². The van der Waals surface area contributed by atoms with E-state index in [1.807, 2.05) is 0 Å². The van der Waals surface area contributed by atoms with Crippen LogP contribution in [0.2, 0.25) is 0 Å². The molecule has 1 aliphatic carbocycles. The Hall–Kier alpha value is 0.230. The minimum absolute atomic E-state index is 0.714. The number of hydrogen-bond donors (Lipinski definition) is 0. The molecule has 0 N–H and O–H groups in total. The van der Waals surface area contributed by atoms with Crippen molar-refractivity contribution in [2.45, 2.75) is 19.3 Å². The highest BCUT2D eigenvalue weighted by molar-refractivity contribution is 14.1. The van der Waals surface area contributed by atoms with E-state index in [0.29, 0.717) is 5.41 Å².